The highest BCUT2D eigenvalue weighted by atomic mass is 16.4. The van der Waals surface area contributed by atoms with Gasteiger partial charge >= 0.3 is 0 Å². The molecule has 4 rings (SSSR count). The fourth-order valence-electron chi connectivity index (χ4n) is 4.22. The van der Waals surface area contributed by atoms with E-state index in [2.05, 4.69) is 82.8 Å². The number of nitrogens with zero attached hydrogens (tertiary/aromatic N) is 1. The summed E-state index contributed by atoms with van der Waals surface area (Å²) in [6.45, 7) is 15.4. The van der Waals surface area contributed by atoms with Crippen LogP contribution in [0.1, 0.15) is 59.9 Å². The molecule has 1 aliphatic rings. The number of furan rings is 1. The summed E-state index contributed by atoms with van der Waals surface area (Å²) in [7, 11) is 0. The van der Waals surface area contributed by atoms with E-state index in [1.54, 1.807) is 0 Å². The van der Waals surface area contributed by atoms with Crippen molar-refractivity contribution in [3.63, 3.8) is 0 Å². The van der Waals surface area contributed by atoms with E-state index in [4.69, 9.17) is 4.42 Å². The maximum atomic E-state index is 6.19. The molecule has 0 unspecified atom stereocenters. The van der Waals surface area contributed by atoms with Gasteiger partial charge in [-0.15, -0.1) is 0 Å². The number of hydrogen-bond acceptors (Lipinski definition) is 2. The Morgan fingerprint density at radius 1 is 0.852 bits per heavy atom. The first-order valence-corrected chi connectivity index (χ1v) is 9.76. The molecular weight excluding hydrogens is 330 g/mol. The first-order valence-electron chi connectivity index (χ1n) is 9.76. The molecule has 1 aliphatic heterocycles. The van der Waals surface area contributed by atoms with Crippen LogP contribution in [-0.2, 0) is 11.8 Å². The third-order valence-corrected chi connectivity index (χ3v) is 5.55. The van der Waals surface area contributed by atoms with Crippen LogP contribution in [0.3, 0.4) is 0 Å². The third-order valence-electron chi connectivity index (χ3n) is 5.55. The quantitative estimate of drug-likeness (QED) is 0.358. The predicted octanol–water partition coefficient (Wildman–Crippen LogP) is 7.18. The van der Waals surface area contributed by atoms with Crippen LogP contribution in [0.15, 0.2) is 40.8 Å². The molecule has 0 radical (unpaired) electrons. The summed E-state index contributed by atoms with van der Waals surface area (Å²) in [5, 5.41) is 0. The van der Waals surface area contributed by atoms with E-state index in [1.807, 2.05) is 6.92 Å². The Hall–Kier alpha value is -2.48. The first kappa shape index (κ1) is 17.9. The fraction of sp³-hybridized carbons (Fsp3) is 0.360. The van der Waals surface area contributed by atoms with Crippen LogP contribution in [0, 0.1) is 27.7 Å². The maximum absolute atomic E-state index is 6.19. The van der Waals surface area contributed by atoms with Crippen molar-refractivity contribution in [2.45, 2.75) is 60.3 Å². The van der Waals surface area contributed by atoms with Gasteiger partial charge in [0.05, 0.1) is 11.4 Å². The van der Waals surface area contributed by atoms with Crippen molar-refractivity contribution in [3.8, 4) is 0 Å². The Bertz CT molecular complexity index is 1010. The van der Waals surface area contributed by atoms with Gasteiger partial charge in [0.25, 0.3) is 0 Å². The number of anilines is 3. The summed E-state index contributed by atoms with van der Waals surface area (Å²) in [6.07, 6.45) is 0.929. The van der Waals surface area contributed by atoms with E-state index in [1.165, 1.54) is 44.8 Å². The molecule has 2 nitrogen and oxygen atoms in total. The largest absolute Gasteiger partial charge is 0.445 e. The van der Waals surface area contributed by atoms with E-state index in [0.717, 1.165) is 18.1 Å². The molecule has 3 aromatic rings. The molecule has 0 saturated carbocycles. The first-order chi connectivity index (χ1) is 12.6. The summed E-state index contributed by atoms with van der Waals surface area (Å²) >= 11 is 0. The molecule has 27 heavy (non-hydrogen) atoms. The minimum absolute atomic E-state index is 0.136. The Kier molecular flexibility index (Phi) is 3.99. The molecular formula is C25H29NO. The Morgan fingerprint density at radius 2 is 1.52 bits per heavy atom. The highest BCUT2D eigenvalue weighted by Gasteiger charge is 2.30. The summed E-state index contributed by atoms with van der Waals surface area (Å²) in [5.74, 6) is 1.94. The van der Waals surface area contributed by atoms with Gasteiger partial charge in [-0.2, -0.15) is 0 Å². The van der Waals surface area contributed by atoms with Gasteiger partial charge < -0.3 is 4.42 Å². The second-order valence-electron chi connectivity index (χ2n) is 9.04. The molecule has 2 heteroatoms. The van der Waals surface area contributed by atoms with Gasteiger partial charge in [-0.05, 0) is 67.5 Å². The lowest BCUT2D eigenvalue weighted by Crippen LogP contribution is -2.20. The second kappa shape index (κ2) is 6.02. The predicted molar refractivity (Wildman–Crippen MR) is 114 cm³/mol. The standard InChI is InChI=1S/C25H29NO/c1-15-8-9-22-19(10-15)14-20-13-18(4)27-24(20)26(22)23-16(2)11-21(12-17(23)3)25(5,6)7/h8-13H,14H2,1-7H3. The lowest BCUT2D eigenvalue weighted by Gasteiger charge is -2.33. The van der Waals surface area contributed by atoms with Crippen LogP contribution in [0.5, 0.6) is 0 Å². The minimum Gasteiger partial charge on any atom is -0.445 e. The summed E-state index contributed by atoms with van der Waals surface area (Å²) < 4.78 is 6.19. The molecule has 2 aromatic carbocycles. The Morgan fingerprint density at radius 3 is 2.15 bits per heavy atom. The Balaban J connectivity index is 1.97. The molecule has 0 atom stereocenters. The van der Waals surface area contributed by atoms with Crippen molar-refractivity contribution < 1.29 is 4.42 Å². The zero-order valence-electron chi connectivity index (χ0n) is 17.5. The van der Waals surface area contributed by atoms with Crippen molar-refractivity contribution in [2.75, 3.05) is 4.90 Å². The van der Waals surface area contributed by atoms with Gasteiger partial charge in [-0.3, -0.25) is 4.90 Å². The van der Waals surface area contributed by atoms with Crippen LogP contribution in [0.25, 0.3) is 0 Å². The third kappa shape index (κ3) is 2.97. The molecule has 0 amide bonds. The minimum atomic E-state index is 0.136. The molecule has 0 aliphatic carbocycles. The zero-order chi connectivity index (χ0) is 19.5. The molecule has 0 spiro atoms. The molecule has 1 aromatic heterocycles. The molecule has 0 N–H and O–H groups in total. The fourth-order valence-corrected chi connectivity index (χ4v) is 4.22. The number of aryl methyl sites for hydroxylation is 4. The van der Waals surface area contributed by atoms with E-state index < -0.39 is 0 Å². The lowest BCUT2D eigenvalue weighted by molar-refractivity contribution is 0.537. The SMILES string of the molecule is Cc1ccc2c(c1)Cc1cc(C)oc1N2c1c(C)cc(C(C)(C)C)cc1C. The number of hydrogen-bond donors (Lipinski definition) is 0. The summed E-state index contributed by atoms with van der Waals surface area (Å²) in [5.41, 5.74) is 10.5. The molecule has 2 heterocycles. The highest BCUT2D eigenvalue weighted by molar-refractivity contribution is 5.84. The Labute approximate surface area is 162 Å². The highest BCUT2D eigenvalue weighted by Crippen LogP contribution is 2.47. The van der Waals surface area contributed by atoms with Crippen molar-refractivity contribution in [3.05, 3.63) is 75.5 Å². The van der Waals surface area contributed by atoms with Crippen molar-refractivity contribution in [1.29, 1.82) is 0 Å². The van der Waals surface area contributed by atoms with Crippen molar-refractivity contribution >= 4 is 17.3 Å². The monoisotopic (exact) mass is 359 g/mol. The number of fused-ring (bicyclic) bond motifs is 2. The van der Waals surface area contributed by atoms with Crippen molar-refractivity contribution in [2.24, 2.45) is 0 Å². The average molecular weight is 360 g/mol. The van der Waals surface area contributed by atoms with Crippen LogP contribution in [-0.4, -0.2) is 0 Å². The maximum Gasteiger partial charge on any atom is 0.208 e. The molecule has 0 bridgehead atoms. The smallest absolute Gasteiger partial charge is 0.208 e. The van der Waals surface area contributed by atoms with E-state index >= 15 is 0 Å². The van der Waals surface area contributed by atoms with Gasteiger partial charge in [0.15, 0.2) is 0 Å². The van der Waals surface area contributed by atoms with Gasteiger partial charge in [0, 0.05) is 12.0 Å². The zero-order valence-corrected chi connectivity index (χ0v) is 17.5. The summed E-state index contributed by atoms with van der Waals surface area (Å²) in [6, 6.07) is 13.6. The van der Waals surface area contributed by atoms with Crippen LogP contribution in [0.2, 0.25) is 0 Å². The topological polar surface area (TPSA) is 16.4 Å². The van der Waals surface area contributed by atoms with Crippen LogP contribution >= 0.6 is 0 Å². The normalized spacial score (nSPS) is 13.5. The van der Waals surface area contributed by atoms with E-state index in [9.17, 15) is 0 Å². The second-order valence-corrected chi connectivity index (χ2v) is 9.04. The average Bonchev–Trinajstić information content (AvgIpc) is 2.92. The number of rotatable bonds is 1. The van der Waals surface area contributed by atoms with Gasteiger partial charge in [0.2, 0.25) is 5.88 Å². The molecule has 140 valence electrons. The van der Waals surface area contributed by atoms with Gasteiger partial charge in [-0.25, -0.2) is 0 Å². The van der Waals surface area contributed by atoms with Crippen LogP contribution in [0.4, 0.5) is 17.3 Å². The van der Waals surface area contributed by atoms with E-state index in [-0.39, 0.29) is 5.41 Å². The van der Waals surface area contributed by atoms with Gasteiger partial charge in [0.1, 0.15) is 5.76 Å². The van der Waals surface area contributed by atoms with Crippen LogP contribution < -0.4 is 4.90 Å². The molecule has 0 fully saturated rings. The number of benzene rings is 2. The van der Waals surface area contributed by atoms with Gasteiger partial charge in [-0.1, -0.05) is 50.6 Å². The molecule has 0 saturated heterocycles. The summed E-state index contributed by atoms with van der Waals surface area (Å²) in [4.78, 5) is 2.33. The lowest BCUT2D eigenvalue weighted by atomic mass is 9.84. The van der Waals surface area contributed by atoms with Crippen molar-refractivity contribution in [1.82, 2.24) is 0 Å². The van der Waals surface area contributed by atoms with E-state index in [0.29, 0.717) is 0 Å².